The van der Waals surface area contributed by atoms with E-state index in [4.69, 9.17) is 11.0 Å². The predicted molar refractivity (Wildman–Crippen MR) is 62.8 cm³/mol. The molecule has 0 radical (unpaired) electrons. The molecule has 0 amide bonds. The molecule has 0 bridgehead atoms. The topological polar surface area (TPSA) is 61.8 Å². The number of nitrogens with one attached hydrogen (secondary N) is 1. The van der Waals surface area contributed by atoms with Gasteiger partial charge in [0.25, 0.3) is 0 Å². The molecule has 0 aromatic heterocycles. The second kappa shape index (κ2) is 6.47. The van der Waals surface area contributed by atoms with Gasteiger partial charge < -0.3 is 11.1 Å². The fourth-order valence-electron chi connectivity index (χ4n) is 1.65. The summed E-state index contributed by atoms with van der Waals surface area (Å²) in [6, 6.07) is 2.26. The number of nitrogens with two attached hydrogens (primary N) is 1. The van der Waals surface area contributed by atoms with Gasteiger partial charge in [-0.05, 0) is 39.3 Å². The Hall–Kier alpha value is -0.0100. The molecule has 1 aliphatic rings. The highest BCUT2D eigenvalue weighted by Crippen LogP contribution is 2.26. The first-order valence-electron chi connectivity index (χ1n) is 4.45. The molecule has 3 nitrogen and oxygen atoms in total. The average molecular weight is 240 g/mol. The number of hydrogen-bond acceptors (Lipinski definition) is 3. The monoisotopic (exact) mass is 239 g/mol. The SMILES string of the molecule is CC(C)(C#N)C(N)C1CCNC1.Cl.Cl. The first kappa shape index (κ1) is 16.4. The molecule has 0 saturated carbocycles. The minimum atomic E-state index is -0.392. The van der Waals surface area contributed by atoms with Crippen LogP contribution in [-0.4, -0.2) is 19.1 Å². The van der Waals surface area contributed by atoms with Gasteiger partial charge in [0.05, 0.1) is 11.5 Å². The van der Waals surface area contributed by atoms with Crippen LogP contribution >= 0.6 is 24.8 Å². The second-order valence-corrected chi connectivity index (χ2v) is 4.11. The maximum atomic E-state index is 8.87. The quantitative estimate of drug-likeness (QED) is 0.765. The van der Waals surface area contributed by atoms with Gasteiger partial charge in [-0.3, -0.25) is 0 Å². The van der Waals surface area contributed by atoms with Crippen LogP contribution < -0.4 is 11.1 Å². The minimum Gasteiger partial charge on any atom is -0.326 e. The van der Waals surface area contributed by atoms with Crippen molar-refractivity contribution < 1.29 is 0 Å². The summed E-state index contributed by atoms with van der Waals surface area (Å²) < 4.78 is 0. The number of halogens is 2. The third-order valence-electron chi connectivity index (χ3n) is 2.73. The Morgan fingerprint density at radius 1 is 1.50 bits per heavy atom. The molecule has 0 aromatic rings. The normalized spacial score (nSPS) is 22.9. The van der Waals surface area contributed by atoms with Crippen molar-refractivity contribution in [3.63, 3.8) is 0 Å². The standard InChI is InChI=1S/C9H17N3.2ClH/c1-9(2,6-10)8(11)7-3-4-12-5-7;;/h7-8,12H,3-5,11H2,1-2H3;2*1H. The van der Waals surface area contributed by atoms with Crippen molar-refractivity contribution in [1.29, 1.82) is 5.26 Å². The van der Waals surface area contributed by atoms with E-state index < -0.39 is 5.41 Å². The van der Waals surface area contributed by atoms with Crippen molar-refractivity contribution in [2.24, 2.45) is 17.1 Å². The minimum absolute atomic E-state index is 0. The van der Waals surface area contributed by atoms with Crippen LogP contribution in [0.15, 0.2) is 0 Å². The third kappa shape index (κ3) is 3.62. The highest BCUT2D eigenvalue weighted by Gasteiger charge is 2.34. The van der Waals surface area contributed by atoms with Crippen LogP contribution in [0.4, 0.5) is 0 Å². The van der Waals surface area contributed by atoms with Crippen LogP contribution in [0.3, 0.4) is 0 Å². The molecule has 1 heterocycles. The van der Waals surface area contributed by atoms with Crippen molar-refractivity contribution in [1.82, 2.24) is 5.32 Å². The molecule has 1 saturated heterocycles. The molecule has 1 rings (SSSR count). The zero-order valence-corrected chi connectivity index (χ0v) is 10.3. The van der Waals surface area contributed by atoms with Gasteiger partial charge >= 0.3 is 0 Å². The van der Waals surface area contributed by atoms with Crippen LogP contribution in [0.25, 0.3) is 0 Å². The number of hydrogen-bond donors (Lipinski definition) is 2. The zero-order valence-electron chi connectivity index (χ0n) is 8.62. The molecular formula is C9H19Cl2N3. The summed E-state index contributed by atoms with van der Waals surface area (Å²) in [6.07, 6.45) is 1.10. The fourth-order valence-corrected chi connectivity index (χ4v) is 1.65. The highest BCUT2D eigenvalue weighted by atomic mass is 35.5. The first-order chi connectivity index (χ1) is 5.58. The molecule has 84 valence electrons. The molecule has 0 aliphatic carbocycles. The lowest BCUT2D eigenvalue weighted by atomic mass is 9.79. The van der Waals surface area contributed by atoms with Gasteiger partial charge in [0.15, 0.2) is 0 Å². The summed E-state index contributed by atoms with van der Waals surface area (Å²) in [7, 11) is 0. The summed E-state index contributed by atoms with van der Waals surface area (Å²) in [5.41, 5.74) is 5.61. The van der Waals surface area contributed by atoms with Gasteiger partial charge in [-0.15, -0.1) is 24.8 Å². The molecule has 2 atom stereocenters. The number of rotatable bonds is 2. The fraction of sp³-hybridized carbons (Fsp3) is 0.889. The smallest absolute Gasteiger partial charge is 0.0700 e. The van der Waals surface area contributed by atoms with Crippen molar-refractivity contribution >= 4 is 24.8 Å². The first-order valence-corrected chi connectivity index (χ1v) is 4.45. The van der Waals surface area contributed by atoms with Crippen LogP contribution in [0.1, 0.15) is 20.3 Å². The molecule has 14 heavy (non-hydrogen) atoms. The Morgan fingerprint density at radius 3 is 2.43 bits per heavy atom. The molecular weight excluding hydrogens is 221 g/mol. The molecule has 1 fully saturated rings. The van der Waals surface area contributed by atoms with E-state index in [0.717, 1.165) is 19.5 Å². The molecule has 0 aromatic carbocycles. The van der Waals surface area contributed by atoms with Crippen LogP contribution in [0.2, 0.25) is 0 Å². The Morgan fingerprint density at radius 2 is 2.07 bits per heavy atom. The van der Waals surface area contributed by atoms with E-state index in [-0.39, 0.29) is 30.9 Å². The van der Waals surface area contributed by atoms with Crippen molar-refractivity contribution in [3.8, 4) is 6.07 Å². The molecule has 2 unspecified atom stereocenters. The van der Waals surface area contributed by atoms with E-state index in [1.165, 1.54) is 0 Å². The van der Waals surface area contributed by atoms with E-state index in [0.29, 0.717) is 5.92 Å². The summed E-state index contributed by atoms with van der Waals surface area (Å²) in [5.74, 6) is 0.472. The van der Waals surface area contributed by atoms with E-state index in [9.17, 15) is 0 Å². The van der Waals surface area contributed by atoms with Gasteiger partial charge in [0.2, 0.25) is 0 Å². The Bertz CT molecular complexity index is 195. The predicted octanol–water partition coefficient (Wildman–Crippen LogP) is 1.32. The lowest BCUT2D eigenvalue weighted by Gasteiger charge is -2.28. The maximum absolute atomic E-state index is 8.87. The van der Waals surface area contributed by atoms with Gasteiger partial charge in [-0.2, -0.15) is 5.26 Å². The summed E-state index contributed by atoms with van der Waals surface area (Å²) in [4.78, 5) is 0. The second-order valence-electron chi connectivity index (χ2n) is 4.11. The largest absolute Gasteiger partial charge is 0.326 e. The molecule has 3 N–H and O–H groups in total. The summed E-state index contributed by atoms with van der Waals surface area (Å²) in [6.45, 7) is 5.83. The van der Waals surface area contributed by atoms with Crippen LogP contribution in [0, 0.1) is 22.7 Å². The number of nitriles is 1. The van der Waals surface area contributed by atoms with E-state index >= 15 is 0 Å². The Balaban J connectivity index is 0. The summed E-state index contributed by atoms with van der Waals surface area (Å²) in [5, 5.41) is 12.1. The van der Waals surface area contributed by atoms with Crippen molar-refractivity contribution in [2.45, 2.75) is 26.3 Å². The van der Waals surface area contributed by atoms with Crippen LogP contribution in [-0.2, 0) is 0 Å². The molecule has 1 aliphatic heterocycles. The van der Waals surface area contributed by atoms with E-state index in [1.54, 1.807) is 0 Å². The number of nitrogens with zero attached hydrogens (tertiary/aromatic N) is 1. The molecule has 5 heteroatoms. The molecule has 0 spiro atoms. The Kier molecular flexibility index (Phi) is 7.59. The van der Waals surface area contributed by atoms with Crippen molar-refractivity contribution in [3.05, 3.63) is 0 Å². The third-order valence-corrected chi connectivity index (χ3v) is 2.73. The van der Waals surface area contributed by atoms with Crippen molar-refractivity contribution in [2.75, 3.05) is 13.1 Å². The summed E-state index contributed by atoms with van der Waals surface area (Å²) >= 11 is 0. The Labute approximate surface area is 98.2 Å². The van der Waals surface area contributed by atoms with Gasteiger partial charge in [0.1, 0.15) is 0 Å². The lowest BCUT2D eigenvalue weighted by molar-refractivity contribution is 0.292. The average Bonchev–Trinajstić information content (AvgIpc) is 2.55. The van der Waals surface area contributed by atoms with Gasteiger partial charge in [-0.25, -0.2) is 0 Å². The lowest BCUT2D eigenvalue weighted by Crippen LogP contribution is -2.43. The van der Waals surface area contributed by atoms with Gasteiger partial charge in [0, 0.05) is 6.04 Å². The van der Waals surface area contributed by atoms with E-state index in [1.807, 2.05) is 13.8 Å². The van der Waals surface area contributed by atoms with E-state index in [2.05, 4.69) is 11.4 Å². The maximum Gasteiger partial charge on any atom is 0.0700 e. The van der Waals surface area contributed by atoms with Crippen LogP contribution in [0.5, 0.6) is 0 Å². The zero-order chi connectivity index (χ0) is 9.19. The highest BCUT2D eigenvalue weighted by molar-refractivity contribution is 5.85. The van der Waals surface area contributed by atoms with Gasteiger partial charge in [-0.1, -0.05) is 0 Å².